The minimum absolute atomic E-state index is 0.345. The molecular formula is C7H12F2. The van der Waals surface area contributed by atoms with Gasteiger partial charge >= 0.3 is 0 Å². The third-order valence-corrected chi connectivity index (χ3v) is 2.51. The van der Waals surface area contributed by atoms with E-state index in [1.807, 2.05) is 0 Å². The molecule has 0 heterocycles. The van der Waals surface area contributed by atoms with Crippen molar-refractivity contribution < 1.29 is 8.78 Å². The Hall–Kier alpha value is -0.140. The van der Waals surface area contributed by atoms with Gasteiger partial charge in [-0.25, -0.2) is 8.78 Å². The van der Waals surface area contributed by atoms with Gasteiger partial charge in [-0.15, -0.1) is 0 Å². The molecule has 0 aromatic carbocycles. The van der Waals surface area contributed by atoms with E-state index in [0.717, 1.165) is 12.8 Å². The van der Waals surface area contributed by atoms with Crippen LogP contribution in [0.1, 0.15) is 26.7 Å². The molecule has 1 saturated carbocycles. The van der Waals surface area contributed by atoms with Crippen molar-refractivity contribution in [3.8, 4) is 0 Å². The van der Waals surface area contributed by atoms with Crippen molar-refractivity contribution in [1.29, 1.82) is 0 Å². The summed E-state index contributed by atoms with van der Waals surface area (Å²) in [7, 11) is 0. The molecule has 1 atom stereocenters. The minimum atomic E-state index is -1.58. The molecule has 0 unspecified atom stereocenters. The van der Waals surface area contributed by atoms with Crippen LogP contribution < -0.4 is 0 Å². The molecule has 1 aliphatic carbocycles. The molecule has 0 aromatic heterocycles. The minimum Gasteiger partial charge on any atom is -0.248 e. The van der Waals surface area contributed by atoms with Crippen LogP contribution in [0, 0.1) is 5.41 Å². The Morgan fingerprint density at radius 2 is 2.00 bits per heavy atom. The summed E-state index contributed by atoms with van der Waals surface area (Å²) < 4.78 is 24.9. The Labute approximate surface area is 54.3 Å². The van der Waals surface area contributed by atoms with Crippen molar-refractivity contribution >= 4 is 0 Å². The maximum Gasteiger partial charge on any atom is 0.141 e. The van der Waals surface area contributed by atoms with Crippen molar-refractivity contribution in [3.63, 3.8) is 0 Å². The number of hydrogen-bond donors (Lipinski definition) is 0. The third kappa shape index (κ3) is 0.950. The van der Waals surface area contributed by atoms with Crippen LogP contribution in [0.3, 0.4) is 0 Å². The number of hydrogen-bond acceptors (Lipinski definition) is 0. The summed E-state index contributed by atoms with van der Waals surface area (Å²) in [6.07, 6.45) is 1.67. The largest absolute Gasteiger partial charge is 0.248 e. The lowest BCUT2D eigenvalue weighted by Crippen LogP contribution is -2.31. The van der Waals surface area contributed by atoms with E-state index < -0.39 is 12.3 Å². The highest BCUT2D eigenvalue weighted by Crippen LogP contribution is 2.55. The van der Waals surface area contributed by atoms with Crippen LogP contribution >= 0.6 is 0 Å². The maximum absolute atomic E-state index is 13.0. The molecule has 1 rings (SSSR count). The molecule has 0 radical (unpaired) electrons. The summed E-state index contributed by atoms with van der Waals surface area (Å²) in [6.45, 7) is 2.30. The molecule has 2 heteroatoms. The van der Waals surface area contributed by atoms with Crippen LogP contribution in [0.15, 0.2) is 0 Å². The third-order valence-electron chi connectivity index (χ3n) is 2.51. The Morgan fingerprint density at radius 3 is 2.11 bits per heavy atom. The lowest BCUT2D eigenvalue weighted by Gasteiger charge is -2.23. The van der Waals surface area contributed by atoms with Crippen molar-refractivity contribution in [2.45, 2.75) is 32.4 Å². The summed E-state index contributed by atoms with van der Waals surface area (Å²) in [4.78, 5) is 0. The summed E-state index contributed by atoms with van der Waals surface area (Å²) in [5.74, 6) is 0. The molecule has 0 bridgehead atoms. The van der Waals surface area contributed by atoms with Crippen LogP contribution in [0.2, 0.25) is 0 Å². The predicted octanol–water partition coefficient (Wildman–Crippen LogP) is 2.48. The van der Waals surface area contributed by atoms with E-state index in [-0.39, 0.29) is 5.41 Å². The summed E-state index contributed by atoms with van der Waals surface area (Å²) in [6, 6.07) is 0. The Kier molecular flexibility index (Phi) is 1.30. The zero-order valence-corrected chi connectivity index (χ0v) is 5.88. The topological polar surface area (TPSA) is 0 Å². The maximum atomic E-state index is 13.0. The van der Waals surface area contributed by atoms with Crippen molar-refractivity contribution in [1.82, 2.24) is 0 Å². The highest BCUT2D eigenvalue weighted by atomic mass is 19.2. The van der Waals surface area contributed by atoms with Gasteiger partial charge < -0.3 is 0 Å². The van der Waals surface area contributed by atoms with Gasteiger partial charge in [0.15, 0.2) is 0 Å². The summed E-state index contributed by atoms with van der Waals surface area (Å²) in [5, 5.41) is 0. The molecule has 0 nitrogen and oxygen atoms in total. The van der Waals surface area contributed by atoms with Gasteiger partial charge in [0.2, 0.25) is 0 Å². The smallest absolute Gasteiger partial charge is 0.141 e. The Balaban J connectivity index is 2.58. The second kappa shape index (κ2) is 1.68. The van der Waals surface area contributed by atoms with Gasteiger partial charge in [-0.2, -0.15) is 0 Å². The van der Waals surface area contributed by atoms with E-state index in [0.29, 0.717) is 0 Å². The van der Waals surface area contributed by atoms with Gasteiger partial charge in [0.25, 0.3) is 0 Å². The van der Waals surface area contributed by atoms with Gasteiger partial charge in [0.1, 0.15) is 12.3 Å². The van der Waals surface area contributed by atoms with Gasteiger partial charge in [-0.1, -0.05) is 6.92 Å². The Bertz CT molecular complexity index is 114. The summed E-state index contributed by atoms with van der Waals surface area (Å²) >= 11 is 0. The van der Waals surface area contributed by atoms with E-state index in [1.165, 1.54) is 6.92 Å². The van der Waals surface area contributed by atoms with Crippen molar-refractivity contribution in [2.75, 3.05) is 6.67 Å². The van der Waals surface area contributed by atoms with E-state index in [4.69, 9.17) is 0 Å². The molecule has 1 aliphatic rings. The molecule has 0 saturated heterocycles. The fourth-order valence-corrected chi connectivity index (χ4v) is 0.870. The average molecular weight is 134 g/mol. The van der Waals surface area contributed by atoms with Gasteiger partial charge in [-0.05, 0) is 19.8 Å². The fraction of sp³-hybridized carbons (Fsp3) is 1.00. The molecule has 0 amide bonds. The highest BCUT2D eigenvalue weighted by molar-refractivity contribution is 5.03. The first-order valence-corrected chi connectivity index (χ1v) is 3.27. The van der Waals surface area contributed by atoms with E-state index in [1.54, 1.807) is 6.92 Å². The van der Waals surface area contributed by atoms with Crippen LogP contribution in [-0.2, 0) is 0 Å². The SMILES string of the molecule is CC1([C@](C)(F)CF)CC1. The van der Waals surface area contributed by atoms with Crippen LogP contribution in [0.5, 0.6) is 0 Å². The van der Waals surface area contributed by atoms with E-state index in [9.17, 15) is 8.78 Å². The average Bonchev–Trinajstić information content (AvgIpc) is 2.49. The van der Waals surface area contributed by atoms with E-state index in [2.05, 4.69) is 0 Å². The van der Waals surface area contributed by atoms with Crippen molar-refractivity contribution in [2.24, 2.45) is 5.41 Å². The lowest BCUT2D eigenvalue weighted by molar-refractivity contribution is 0.0638. The van der Waals surface area contributed by atoms with E-state index >= 15 is 0 Å². The molecule has 0 aromatic rings. The molecule has 9 heavy (non-hydrogen) atoms. The Morgan fingerprint density at radius 1 is 1.56 bits per heavy atom. The predicted molar refractivity (Wildman–Crippen MR) is 32.8 cm³/mol. The second-order valence-electron chi connectivity index (χ2n) is 3.39. The first kappa shape index (κ1) is 6.97. The van der Waals surface area contributed by atoms with Gasteiger partial charge in [0.05, 0.1) is 0 Å². The van der Waals surface area contributed by atoms with Gasteiger partial charge in [0, 0.05) is 5.41 Å². The molecular weight excluding hydrogens is 122 g/mol. The van der Waals surface area contributed by atoms with Crippen LogP contribution in [0.4, 0.5) is 8.78 Å². The molecule has 54 valence electrons. The molecule has 0 N–H and O–H groups in total. The highest BCUT2D eigenvalue weighted by Gasteiger charge is 2.53. The van der Waals surface area contributed by atoms with Crippen LogP contribution in [0.25, 0.3) is 0 Å². The van der Waals surface area contributed by atoms with Crippen LogP contribution in [-0.4, -0.2) is 12.3 Å². The monoisotopic (exact) mass is 134 g/mol. The van der Waals surface area contributed by atoms with Gasteiger partial charge in [-0.3, -0.25) is 0 Å². The lowest BCUT2D eigenvalue weighted by atomic mass is 9.91. The number of halogens is 2. The first-order valence-electron chi connectivity index (χ1n) is 3.27. The normalized spacial score (nSPS) is 29.3. The fourth-order valence-electron chi connectivity index (χ4n) is 0.870. The van der Waals surface area contributed by atoms with Crippen molar-refractivity contribution in [3.05, 3.63) is 0 Å². The standard InChI is InChI=1S/C7H12F2/c1-6(3-4-6)7(2,9)5-8/h3-5H2,1-2H3/t7-/m1/s1. The quantitative estimate of drug-likeness (QED) is 0.544. The number of alkyl halides is 2. The summed E-state index contributed by atoms with van der Waals surface area (Å²) in [5.41, 5.74) is -1.92. The molecule has 1 fully saturated rings. The number of rotatable bonds is 2. The first-order chi connectivity index (χ1) is 4.02. The zero-order valence-electron chi connectivity index (χ0n) is 5.88. The molecule has 0 aliphatic heterocycles. The molecule has 0 spiro atoms. The second-order valence-corrected chi connectivity index (χ2v) is 3.39. The zero-order chi connectivity index (χ0) is 7.12.